The Bertz CT molecular complexity index is 874. The molecule has 2 N–H and O–H groups in total. The van der Waals surface area contributed by atoms with Crippen molar-refractivity contribution in [3.63, 3.8) is 0 Å². The summed E-state index contributed by atoms with van der Waals surface area (Å²) in [4.78, 5) is 17.5. The molecule has 3 aromatic rings. The van der Waals surface area contributed by atoms with Crippen molar-refractivity contribution in [3.05, 3.63) is 53.3 Å². The fourth-order valence-corrected chi connectivity index (χ4v) is 2.01. The van der Waals surface area contributed by atoms with Crippen LogP contribution >= 0.6 is 0 Å². The molecule has 0 saturated heterocycles. The summed E-state index contributed by atoms with van der Waals surface area (Å²) in [6.45, 7) is 0. The van der Waals surface area contributed by atoms with Crippen molar-refractivity contribution in [1.82, 2.24) is 9.97 Å². The average molecular weight is 292 g/mol. The Morgan fingerprint density at radius 1 is 1.14 bits per heavy atom. The molecular formula is C14H7F3N2O2. The maximum absolute atomic E-state index is 13.7. The van der Waals surface area contributed by atoms with Gasteiger partial charge in [0.2, 0.25) is 0 Å². The minimum atomic E-state index is -1.43. The molecule has 0 fully saturated rings. The first-order chi connectivity index (χ1) is 9.97. The molecule has 0 amide bonds. The third-order valence-electron chi connectivity index (χ3n) is 3.01. The number of nitrogens with zero attached hydrogens (tertiary/aromatic N) is 1. The van der Waals surface area contributed by atoms with Gasteiger partial charge < -0.3 is 10.1 Å². The lowest BCUT2D eigenvalue weighted by Crippen LogP contribution is -1.99. The molecular weight excluding hydrogens is 285 g/mol. The number of aromatic amines is 1. The quantitative estimate of drug-likeness (QED) is 0.761. The first kappa shape index (κ1) is 13.2. The van der Waals surface area contributed by atoms with E-state index in [1.807, 2.05) is 0 Å². The van der Waals surface area contributed by atoms with Gasteiger partial charge in [-0.05, 0) is 18.2 Å². The highest BCUT2D eigenvalue weighted by Crippen LogP contribution is 2.25. The molecule has 0 bridgehead atoms. The van der Waals surface area contributed by atoms with Crippen LogP contribution in [0.15, 0.2) is 30.3 Å². The second-order valence-corrected chi connectivity index (χ2v) is 4.34. The molecule has 0 aliphatic heterocycles. The van der Waals surface area contributed by atoms with E-state index < -0.39 is 29.0 Å². The van der Waals surface area contributed by atoms with Gasteiger partial charge in [0.15, 0.2) is 11.6 Å². The molecule has 2 aromatic carbocycles. The predicted molar refractivity (Wildman–Crippen MR) is 68.4 cm³/mol. The first-order valence-corrected chi connectivity index (χ1v) is 5.84. The summed E-state index contributed by atoms with van der Waals surface area (Å²) in [5, 5.41) is 8.84. The predicted octanol–water partition coefficient (Wildman–Crippen LogP) is 3.35. The van der Waals surface area contributed by atoms with Crippen LogP contribution in [0.3, 0.4) is 0 Å². The normalized spacial score (nSPS) is 11.0. The smallest absolute Gasteiger partial charge is 0.338 e. The maximum atomic E-state index is 13.7. The lowest BCUT2D eigenvalue weighted by atomic mass is 10.2. The average Bonchev–Trinajstić information content (AvgIpc) is 2.83. The fraction of sp³-hybridized carbons (Fsp3) is 0. The molecule has 21 heavy (non-hydrogen) atoms. The van der Waals surface area contributed by atoms with Crippen LogP contribution in [0.25, 0.3) is 22.4 Å². The monoisotopic (exact) mass is 292 g/mol. The van der Waals surface area contributed by atoms with Crippen molar-refractivity contribution >= 4 is 17.0 Å². The van der Waals surface area contributed by atoms with E-state index in [4.69, 9.17) is 5.11 Å². The van der Waals surface area contributed by atoms with E-state index in [0.717, 1.165) is 18.2 Å². The standard InChI is InChI=1S/C14H7F3N2O2/c15-8-3-1-2-6(12(8)17)13-18-10-4-7(14(20)21)9(16)5-11(10)19-13/h1-5H,(H,18,19)(H,20,21). The summed E-state index contributed by atoms with van der Waals surface area (Å²) >= 11 is 0. The van der Waals surface area contributed by atoms with Crippen LogP contribution in [0.4, 0.5) is 13.2 Å². The highest BCUT2D eigenvalue weighted by atomic mass is 19.2. The first-order valence-electron chi connectivity index (χ1n) is 5.84. The van der Waals surface area contributed by atoms with Crippen LogP contribution in [-0.2, 0) is 0 Å². The summed E-state index contributed by atoms with van der Waals surface area (Å²) in [5.74, 6) is -4.51. The zero-order valence-corrected chi connectivity index (χ0v) is 10.3. The number of carbonyl (C=O) groups is 1. The van der Waals surface area contributed by atoms with E-state index in [1.165, 1.54) is 12.1 Å². The van der Waals surface area contributed by atoms with E-state index in [-0.39, 0.29) is 22.4 Å². The van der Waals surface area contributed by atoms with Gasteiger partial charge in [-0.2, -0.15) is 0 Å². The SMILES string of the molecule is O=C(O)c1cc2nc(-c3cccc(F)c3F)[nH]c2cc1F. The lowest BCUT2D eigenvalue weighted by Gasteiger charge is -1.99. The Morgan fingerprint density at radius 2 is 1.90 bits per heavy atom. The van der Waals surface area contributed by atoms with Crippen molar-refractivity contribution in [2.75, 3.05) is 0 Å². The van der Waals surface area contributed by atoms with Crippen molar-refractivity contribution in [2.45, 2.75) is 0 Å². The molecule has 3 rings (SSSR count). The summed E-state index contributed by atoms with van der Waals surface area (Å²) in [6.07, 6.45) is 0. The van der Waals surface area contributed by atoms with Crippen molar-refractivity contribution in [3.8, 4) is 11.4 Å². The maximum Gasteiger partial charge on any atom is 0.338 e. The Kier molecular flexibility index (Phi) is 2.90. The number of halogens is 3. The summed E-state index contributed by atoms with van der Waals surface area (Å²) in [6, 6.07) is 5.56. The van der Waals surface area contributed by atoms with E-state index >= 15 is 0 Å². The minimum absolute atomic E-state index is 0.0102. The second-order valence-electron chi connectivity index (χ2n) is 4.34. The number of nitrogens with one attached hydrogen (secondary N) is 1. The highest BCUT2D eigenvalue weighted by molar-refractivity contribution is 5.93. The van der Waals surface area contributed by atoms with Gasteiger partial charge >= 0.3 is 5.97 Å². The Morgan fingerprint density at radius 3 is 2.62 bits per heavy atom. The van der Waals surface area contributed by atoms with E-state index in [9.17, 15) is 18.0 Å². The largest absolute Gasteiger partial charge is 0.478 e. The lowest BCUT2D eigenvalue weighted by molar-refractivity contribution is 0.0692. The van der Waals surface area contributed by atoms with Crippen LogP contribution in [0, 0.1) is 17.5 Å². The zero-order valence-electron chi connectivity index (χ0n) is 10.3. The van der Waals surface area contributed by atoms with E-state index in [0.29, 0.717) is 0 Å². The fourth-order valence-electron chi connectivity index (χ4n) is 2.01. The molecule has 106 valence electrons. The highest BCUT2D eigenvalue weighted by Gasteiger charge is 2.17. The van der Waals surface area contributed by atoms with Crippen molar-refractivity contribution in [2.24, 2.45) is 0 Å². The summed E-state index contributed by atoms with van der Waals surface area (Å²) in [7, 11) is 0. The number of imidazole rings is 1. The molecule has 4 nitrogen and oxygen atoms in total. The molecule has 0 radical (unpaired) electrons. The molecule has 0 aliphatic carbocycles. The third kappa shape index (κ3) is 2.12. The molecule has 1 heterocycles. The number of fused-ring (bicyclic) bond motifs is 1. The molecule has 0 unspecified atom stereocenters. The molecule has 0 saturated carbocycles. The van der Waals surface area contributed by atoms with Crippen LogP contribution in [0.2, 0.25) is 0 Å². The Hall–Kier alpha value is -2.83. The number of H-pyrrole nitrogens is 1. The van der Waals surface area contributed by atoms with Gasteiger partial charge in [0.25, 0.3) is 0 Å². The molecule has 0 aliphatic rings. The molecule has 0 spiro atoms. The number of carboxylic acid groups (broad SMARTS) is 1. The topological polar surface area (TPSA) is 66.0 Å². The van der Waals surface area contributed by atoms with Gasteiger partial charge in [-0.3, -0.25) is 0 Å². The molecule has 1 aromatic heterocycles. The van der Waals surface area contributed by atoms with E-state index in [2.05, 4.69) is 9.97 Å². The minimum Gasteiger partial charge on any atom is -0.478 e. The van der Waals surface area contributed by atoms with Gasteiger partial charge in [0, 0.05) is 6.07 Å². The van der Waals surface area contributed by atoms with Crippen LogP contribution < -0.4 is 0 Å². The number of benzene rings is 2. The number of hydrogen-bond donors (Lipinski definition) is 2. The number of aromatic nitrogens is 2. The number of carboxylic acids is 1. The van der Waals surface area contributed by atoms with Gasteiger partial charge in [0.05, 0.1) is 22.2 Å². The molecule has 7 heteroatoms. The van der Waals surface area contributed by atoms with Crippen LogP contribution in [0.1, 0.15) is 10.4 Å². The number of rotatable bonds is 2. The molecule has 0 atom stereocenters. The summed E-state index contributed by atoms with van der Waals surface area (Å²) in [5.41, 5.74) is -0.327. The summed E-state index contributed by atoms with van der Waals surface area (Å²) < 4.78 is 40.5. The van der Waals surface area contributed by atoms with Gasteiger partial charge in [-0.1, -0.05) is 6.07 Å². The van der Waals surface area contributed by atoms with Gasteiger partial charge in [-0.25, -0.2) is 22.9 Å². The third-order valence-corrected chi connectivity index (χ3v) is 3.01. The second kappa shape index (κ2) is 4.62. The zero-order chi connectivity index (χ0) is 15.1. The van der Waals surface area contributed by atoms with Crippen molar-refractivity contribution in [1.29, 1.82) is 0 Å². The number of aromatic carboxylic acids is 1. The number of hydrogen-bond acceptors (Lipinski definition) is 2. The van der Waals surface area contributed by atoms with Gasteiger partial charge in [-0.15, -0.1) is 0 Å². The van der Waals surface area contributed by atoms with Crippen LogP contribution in [0.5, 0.6) is 0 Å². The van der Waals surface area contributed by atoms with Crippen molar-refractivity contribution < 1.29 is 23.1 Å². The Balaban J connectivity index is 2.22. The Labute approximate surface area is 115 Å². The van der Waals surface area contributed by atoms with Crippen LogP contribution in [-0.4, -0.2) is 21.0 Å². The van der Waals surface area contributed by atoms with E-state index in [1.54, 1.807) is 0 Å². The van der Waals surface area contributed by atoms with Gasteiger partial charge in [0.1, 0.15) is 11.6 Å².